The van der Waals surface area contributed by atoms with Crippen molar-refractivity contribution in [1.82, 2.24) is 9.78 Å². The Morgan fingerprint density at radius 3 is 2.90 bits per heavy atom. The van der Waals surface area contributed by atoms with Crippen molar-refractivity contribution in [3.63, 3.8) is 0 Å². The summed E-state index contributed by atoms with van der Waals surface area (Å²) in [7, 11) is 0. The molecule has 1 N–H and O–H groups in total. The molecule has 0 atom stereocenters. The zero-order chi connectivity index (χ0) is 7.56. The van der Waals surface area contributed by atoms with Crippen molar-refractivity contribution in [3.05, 3.63) is 16.4 Å². The van der Waals surface area contributed by atoms with E-state index in [0.717, 1.165) is 4.68 Å². The minimum absolute atomic E-state index is 0.105. The van der Waals surface area contributed by atoms with Crippen LogP contribution in [0.25, 0.3) is 0 Å². The van der Waals surface area contributed by atoms with Crippen molar-refractivity contribution in [2.24, 2.45) is 0 Å². The van der Waals surface area contributed by atoms with Crippen LogP contribution >= 0.6 is 0 Å². The summed E-state index contributed by atoms with van der Waals surface area (Å²) < 4.78 is 5.63. The average Bonchev–Trinajstić information content (AvgIpc) is 2.13. The number of hydrogen-bond acceptors (Lipinski definition) is 4. The van der Waals surface area contributed by atoms with Crippen molar-refractivity contribution in [1.29, 1.82) is 0 Å². The fraction of sp³-hybridized carbons (Fsp3) is 0.600. The number of aromatic nitrogens is 2. The number of aliphatic hydroxyl groups is 1. The van der Waals surface area contributed by atoms with E-state index in [1.807, 2.05) is 0 Å². The van der Waals surface area contributed by atoms with E-state index in [4.69, 9.17) is 5.11 Å². The summed E-state index contributed by atoms with van der Waals surface area (Å²) in [5.41, 5.74) is 0. The van der Waals surface area contributed by atoms with E-state index in [9.17, 15) is 4.79 Å². The predicted octanol–water partition coefficient (Wildman–Crippen LogP) is -0.863. The van der Waals surface area contributed by atoms with Crippen molar-refractivity contribution in [3.8, 4) is 0 Å². The van der Waals surface area contributed by atoms with Crippen molar-refractivity contribution in [2.75, 3.05) is 6.61 Å². The second-order valence-corrected chi connectivity index (χ2v) is 1.83. The molecule has 0 aliphatic carbocycles. The molecule has 0 amide bonds. The van der Waals surface area contributed by atoms with Gasteiger partial charge in [0.1, 0.15) is 0 Å². The molecule has 0 saturated heterocycles. The lowest BCUT2D eigenvalue weighted by Gasteiger charge is -1.88. The third-order valence-corrected chi connectivity index (χ3v) is 1.02. The molecule has 0 fully saturated rings. The molecule has 1 rings (SSSR count). The summed E-state index contributed by atoms with van der Waals surface area (Å²) in [6.07, 6.45) is 0. The van der Waals surface area contributed by atoms with Gasteiger partial charge in [0.05, 0.1) is 13.2 Å². The molecule has 0 bridgehead atoms. The highest BCUT2D eigenvalue weighted by Crippen LogP contribution is 1.83. The molecule has 0 radical (unpaired) electrons. The van der Waals surface area contributed by atoms with E-state index in [1.165, 1.54) is 0 Å². The van der Waals surface area contributed by atoms with Crippen LogP contribution in [0.2, 0.25) is 0 Å². The minimum atomic E-state index is -0.522. The van der Waals surface area contributed by atoms with E-state index in [-0.39, 0.29) is 13.2 Å². The highest BCUT2D eigenvalue weighted by atomic mass is 16.4. The maximum atomic E-state index is 10.7. The smallest absolute Gasteiger partial charge is 0.394 e. The normalized spacial score (nSPS) is 10.2. The van der Waals surface area contributed by atoms with Gasteiger partial charge in [-0.1, -0.05) is 0 Å². The first kappa shape index (κ1) is 7.01. The molecule has 5 nitrogen and oxygen atoms in total. The van der Waals surface area contributed by atoms with Crippen LogP contribution in [-0.4, -0.2) is 21.5 Å². The Morgan fingerprint density at radius 1 is 1.80 bits per heavy atom. The number of hydrogen-bond donors (Lipinski definition) is 1. The van der Waals surface area contributed by atoms with Crippen LogP contribution in [0.15, 0.2) is 9.21 Å². The summed E-state index contributed by atoms with van der Waals surface area (Å²) in [6.45, 7) is 1.66. The Morgan fingerprint density at radius 2 is 2.50 bits per heavy atom. The summed E-state index contributed by atoms with van der Waals surface area (Å²) in [5, 5.41) is 12.1. The standard InChI is InChI=1S/C5H8N2O3/c1-4-6-7(2-3-8)5(9)10-4/h8H,2-3H2,1H3. The molecule has 1 aromatic rings. The minimum Gasteiger partial charge on any atom is -0.394 e. The predicted molar refractivity (Wildman–Crippen MR) is 32.6 cm³/mol. The SMILES string of the molecule is Cc1nn(CCO)c(=O)o1. The number of nitrogens with zero attached hydrogens (tertiary/aromatic N) is 2. The van der Waals surface area contributed by atoms with Gasteiger partial charge >= 0.3 is 5.76 Å². The number of aliphatic hydroxyl groups excluding tert-OH is 1. The lowest BCUT2D eigenvalue weighted by atomic mass is 10.7. The molecular formula is C5H8N2O3. The topological polar surface area (TPSA) is 68.3 Å². The Labute approximate surface area is 56.9 Å². The van der Waals surface area contributed by atoms with E-state index >= 15 is 0 Å². The van der Waals surface area contributed by atoms with Crippen molar-refractivity contribution < 1.29 is 9.52 Å². The summed E-state index contributed by atoms with van der Waals surface area (Å²) >= 11 is 0. The highest BCUT2D eigenvalue weighted by Gasteiger charge is 2.00. The first-order valence-electron chi connectivity index (χ1n) is 2.89. The molecule has 0 aliphatic heterocycles. The molecule has 1 aromatic heterocycles. The monoisotopic (exact) mass is 144 g/mol. The highest BCUT2D eigenvalue weighted by molar-refractivity contribution is 4.66. The summed E-state index contributed by atoms with van der Waals surface area (Å²) in [5.74, 6) is -0.204. The fourth-order valence-corrected chi connectivity index (χ4v) is 0.646. The van der Waals surface area contributed by atoms with Crippen molar-refractivity contribution in [2.45, 2.75) is 13.5 Å². The van der Waals surface area contributed by atoms with E-state index in [1.54, 1.807) is 6.92 Å². The van der Waals surface area contributed by atoms with Crippen LogP contribution in [0.5, 0.6) is 0 Å². The maximum absolute atomic E-state index is 10.7. The molecule has 0 aliphatic rings. The average molecular weight is 144 g/mol. The zero-order valence-electron chi connectivity index (χ0n) is 5.57. The molecule has 10 heavy (non-hydrogen) atoms. The van der Waals surface area contributed by atoms with Gasteiger partial charge in [0, 0.05) is 6.92 Å². The third-order valence-electron chi connectivity index (χ3n) is 1.02. The van der Waals surface area contributed by atoms with Gasteiger partial charge in [-0.25, -0.2) is 4.79 Å². The second-order valence-electron chi connectivity index (χ2n) is 1.83. The molecule has 0 unspecified atom stereocenters. The Bertz CT molecular complexity index is 262. The second kappa shape index (κ2) is 2.66. The molecular weight excluding hydrogens is 136 g/mol. The molecule has 5 heteroatoms. The van der Waals surface area contributed by atoms with Gasteiger partial charge in [-0.15, -0.1) is 5.10 Å². The summed E-state index contributed by atoms with van der Waals surface area (Å²) in [4.78, 5) is 10.7. The Kier molecular flexibility index (Phi) is 1.86. The lowest BCUT2D eigenvalue weighted by molar-refractivity contribution is 0.264. The first-order valence-corrected chi connectivity index (χ1v) is 2.89. The summed E-state index contributed by atoms with van der Waals surface area (Å²) in [6, 6.07) is 0. The van der Waals surface area contributed by atoms with Crippen LogP contribution < -0.4 is 5.76 Å². The van der Waals surface area contributed by atoms with Gasteiger partial charge in [-0.2, -0.15) is 4.68 Å². The van der Waals surface area contributed by atoms with E-state index in [2.05, 4.69) is 9.52 Å². The lowest BCUT2D eigenvalue weighted by Crippen LogP contribution is -2.17. The van der Waals surface area contributed by atoms with Gasteiger partial charge in [-0.3, -0.25) is 0 Å². The van der Waals surface area contributed by atoms with Gasteiger partial charge in [0.2, 0.25) is 5.89 Å². The Hall–Kier alpha value is -1.10. The number of rotatable bonds is 2. The maximum Gasteiger partial charge on any atom is 0.437 e. The van der Waals surface area contributed by atoms with E-state index in [0.29, 0.717) is 5.89 Å². The van der Waals surface area contributed by atoms with Crippen LogP contribution in [0.3, 0.4) is 0 Å². The molecule has 56 valence electrons. The zero-order valence-corrected chi connectivity index (χ0v) is 5.57. The largest absolute Gasteiger partial charge is 0.437 e. The Balaban J connectivity index is 2.92. The number of aryl methyl sites for hydroxylation is 1. The molecule has 1 heterocycles. The van der Waals surface area contributed by atoms with Gasteiger partial charge in [0.15, 0.2) is 0 Å². The van der Waals surface area contributed by atoms with E-state index < -0.39 is 5.76 Å². The van der Waals surface area contributed by atoms with Crippen molar-refractivity contribution >= 4 is 0 Å². The van der Waals surface area contributed by atoms with Crippen LogP contribution in [0.4, 0.5) is 0 Å². The van der Waals surface area contributed by atoms with Crippen LogP contribution in [0, 0.1) is 6.92 Å². The molecule has 0 saturated carbocycles. The molecule has 0 aromatic carbocycles. The molecule has 0 spiro atoms. The third kappa shape index (κ3) is 1.24. The first-order chi connectivity index (χ1) is 4.74. The van der Waals surface area contributed by atoms with Gasteiger partial charge in [0.25, 0.3) is 0 Å². The van der Waals surface area contributed by atoms with Gasteiger partial charge in [-0.05, 0) is 0 Å². The van der Waals surface area contributed by atoms with Gasteiger partial charge < -0.3 is 9.52 Å². The fourth-order valence-electron chi connectivity index (χ4n) is 0.646. The van der Waals surface area contributed by atoms with Crippen LogP contribution in [-0.2, 0) is 6.54 Å². The van der Waals surface area contributed by atoms with Crippen LogP contribution in [0.1, 0.15) is 5.89 Å². The quantitative estimate of drug-likeness (QED) is 0.586.